The highest BCUT2D eigenvalue weighted by molar-refractivity contribution is 7.97. The van der Waals surface area contributed by atoms with Crippen molar-refractivity contribution < 1.29 is 27.4 Å². The van der Waals surface area contributed by atoms with Crippen molar-refractivity contribution in [2.24, 2.45) is 29.1 Å². The fraction of sp³-hybridized carbons (Fsp3) is 0.471. The molecule has 4 bridgehead atoms. The Morgan fingerprint density at radius 1 is 0.756 bits per heavy atom. The van der Waals surface area contributed by atoms with E-state index in [9.17, 15) is 13.2 Å². The van der Waals surface area contributed by atoms with Gasteiger partial charge in [0.25, 0.3) is 0 Å². The molecule has 0 aromatic heterocycles. The highest BCUT2D eigenvalue weighted by Gasteiger charge is 2.51. The molecule has 7 heteroatoms. The molecule has 0 aliphatic heterocycles. The highest BCUT2D eigenvalue weighted by atomic mass is 32.2. The van der Waals surface area contributed by atoms with E-state index in [1.54, 1.807) is 12.1 Å². The number of ether oxygens (including phenoxy) is 3. The maximum atomic E-state index is 13.5. The molecule has 4 fully saturated rings. The zero-order valence-electron chi connectivity index (χ0n) is 23.6. The third kappa shape index (κ3) is 6.56. The second-order valence-corrected chi connectivity index (χ2v) is 14.6. The Bertz CT molecular complexity index is 1240. The van der Waals surface area contributed by atoms with Crippen LogP contribution < -0.4 is 9.47 Å². The van der Waals surface area contributed by atoms with Crippen LogP contribution in [0.5, 0.6) is 11.5 Å². The minimum Gasteiger partial charge on any atom is -0.461 e. The monoisotopic (exact) mass is 583 g/mol. The molecule has 218 valence electrons. The first-order valence-corrected chi connectivity index (χ1v) is 15.9. The lowest BCUT2D eigenvalue weighted by atomic mass is 9.50. The lowest BCUT2D eigenvalue weighted by molar-refractivity contribution is -0.275. The smallest absolute Gasteiger partial charge is 0.461 e. The van der Waals surface area contributed by atoms with Gasteiger partial charge < -0.3 is 14.2 Å². The van der Waals surface area contributed by atoms with E-state index in [-0.39, 0.29) is 22.8 Å². The molecule has 0 amide bonds. The van der Waals surface area contributed by atoms with Gasteiger partial charge >= 0.3 is 6.36 Å². The number of hydrogen-bond acceptors (Lipinski definition) is 3. The average molecular weight is 584 g/mol. The van der Waals surface area contributed by atoms with Crippen LogP contribution in [0.2, 0.25) is 0 Å². The van der Waals surface area contributed by atoms with E-state index in [1.807, 2.05) is 74.5 Å². The molecule has 7 rings (SSSR count). The number of halogens is 3. The Hall–Kier alpha value is -2.64. The molecule has 4 saturated carbocycles. The maximum absolute atomic E-state index is 13.5. The number of hydrogen-bond donors (Lipinski definition) is 0. The van der Waals surface area contributed by atoms with Crippen molar-refractivity contribution >= 4 is 10.9 Å². The van der Waals surface area contributed by atoms with E-state index >= 15 is 0 Å². The van der Waals surface area contributed by atoms with Crippen molar-refractivity contribution in [2.45, 2.75) is 79.7 Å². The van der Waals surface area contributed by atoms with Crippen LogP contribution >= 0.6 is 0 Å². The predicted molar refractivity (Wildman–Crippen MR) is 154 cm³/mol. The SMILES string of the molecule is CC(C)C(OCC12CC3CC(CC(C3)C1)C2)Oc1cc([S+](c2ccccc2)c2ccccc2)ccc1OC(F)(F)F. The van der Waals surface area contributed by atoms with Gasteiger partial charge in [-0.05, 0) is 98.1 Å². The largest absolute Gasteiger partial charge is 0.573 e. The van der Waals surface area contributed by atoms with Crippen LogP contribution in [0.25, 0.3) is 0 Å². The van der Waals surface area contributed by atoms with Crippen molar-refractivity contribution in [3.8, 4) is 11.5 Å². The minimum atomic E-state index is -4.84. The van der Waals surface area contributed by atoms with Crippen LogP contribution in [0, 0.1) is 29.1 Å². The van der Waals surface area contributed by atoms with Crippen molar-refractivity contribution in [1.29, 1.82) is 0 Å². The molecule has 3 nitrogen and oxygen atoms in total. The van der Waals surface area contributed by atoms with E-state index in [1.165, 1.54) is 44.6 Å². The van der Waals surface area contributed by atoms with Crippen LogP contribution in [0.15, 0.2) is 93.5 Å². The molecule has 0 saturated heterocycles. The number of rotatable bonds is 10. The van der Waals surface area contributed by atoms with Gasteiger partial charge in [-0.15, -0.1) is 13.2 Å². The molecule has 4 aliphatic rings. The molecule has 41 heavy (non-hydrogen) atoms. The van der Waals surface area contributed by atoms with Crippen LogP contribution in [-0.4, -0.2) is 19.3 Å². The first-order valence-electron chi connectivity index (χ1n) is 14.7. The summed E-state index contributed by atoms with van der Waals surface area (Å²) in [5.41, 5.74) is 0.172. The van der Waals surface area contributed by atoms with Crippen LogP contribution in [-0.2, 0) is 15.6 Å². The second kappa shape index (κ2) is 11.6. The third-order valence-electron chi connectivity index (χ3n) is 8.84. The lowest BCUT2D eigenvalue weighted by Crippen LogP contribution is -2.49. The molecule has 0 heterocycles. The van der Waals surface area contributed by atoms with E-state index in [4.69, 9.17) is 9.47 Å². The van der Waals surface area contributed by atoms with Crippen LogP contribution in [0.4, 0.5) is 13.2 Å². The summed E-state index contributed by atoms with van der Waals surface area (Å²) in [6.07, 6.45) is 2.09. The summed E-state index contributed by atoms with van der Waals surface area (Å²) in [7, 11) is -0.551. The van der Waals surface area contributed by atoms with E-state index < -0.39 is 23.5 Å². The van der Waals surface area contributed by atoms with Crippen LogP contribution in [0.3, 0.4) is 0 Å². The van der Waals surface area contributed by atoms with Gasteiger partial charge in [-0.25, -0.2) is 0 Å². The van der Waals surface area contributed by atoms with Gasteiger partial charge in [-0.2, -0.15) is 0 Å². The predicted octanol–water partition coefficient (Wildman–Crippen LogP) is 9.27. The van der Waals surface area contributed by atoms with Crippen molar-refractivity contribution in [2.75, 3.05) is 6.61 Å². The topological polar surface area (TPSA) is 27.7 Å². The van der Waals surface area contributed by atoms with Crippen molar-refractivity contribution in [3.05, 3.63) is 78.9 Å². The molecule has 3 aromatic carbocycles. The summed E-state index contributed by atoms with van der Waals surface area (Å²) in [6.45, 7) is 4.56. The summed E-state index contributed by atoms with van der Waals surface area (Å²) in [5, 5.41) is 0. The van der Waals surface area contributed by atoms with E-state index in [2.05, 4.69) is 4.74 Å². The standard InChI is InChI=1S/C34H38F3O3S/c1-23(2)32(38-22-33-19-24-15-25(20-33)17-26(16-24)21-33)39-31-18-29(13-14-30(31)40-34(35,36)37)41(27-9-5-3-6-10-27)28-11-7-4-8-12-28/h3-14,18,23-26,32H,15-17,19-22H2,1-2H3/q+1. The summed E-state index contributed by atoms with van der Waals surface area (Å²) in [4.78, 5) is 2.97. The molecule has 1 atom stereocenters. The summed E-state index contributed by atoms with van der Waals surface area (Å²) >= 11 is 0. The fourth-order valence-electron chi connectivity index (χ4n) is 7.65. The van der Waals surface area contributed by atoms with Gasteiger partial charge in [0.2, 0.25) is 6.29 Å². The molecule has 4 aliphatic carbocycles. The molecular formula is C34H38F3O3S+. The molecule has 3 aromatic rings. The molecular weight excluding hydrogens is 545 g/mol. The third-order valence-corrected chi connectivity index (χ3v) is 11.1. The molecule has 0 radical (unpaired) electrons. The highest BCUT2D eigenvalue weighted by Crippen LogP contribution is 2.60. The summed E-state index contributed by atoms with van der Waals surface area (Å²) in [6, 6.07) is 24.8. The molecule has 0 N–H and O–H groups in total. The Balaban J connectivity index is 1.30. The van der Waals surface area contributed by atoms with Crippen molar-refractivity contribution in [1.82, 2.24) is 0 Å². The summed E-state index contributed by atoms with van der Waals surface area (Å²) < 4.78 is 57.7. The van der Waals surface area contributed by atoms with Crippen molar-refractivity contribution in [3.63, 3.8) is 0 Å². The Kier molecular flexibility index (Phi) is 8.03. The Morgan fingerprint density at radius 3 is 1.78 bits per heavy atom. The van der Waals surface area contributed by atoms with Gasteiger partial charge in [0.1, 0.15) is 0 Å². The van der Waals surface area contributed by atoms with Crippen LogP contribution in [0.1, 0.15) is 52.4 Å². The zero-order valence-corrected chi connectivity index (χ0v) is 24.4. The number of alkyl halides is 3. The average Bonchev–Trinajstić information content (AvgIpc) is 2.92. The van der Waals surface area contributed by atoms with Gasteiger partial charge in [-0.3, -0.25) is 0 Å². The first-order chi connectivity index (χ1) is 19.7. The van der Waals surface area contributed by atoms with E-state index in [0.717, 1.165) is 32.4 Å². The summed E-state index contributed by atoms with van der Waals surface area (Å²) in [5.74, 6) is 2.01. The quantitative estimate of drug-likeness (QED) is 0.176. The lowest BCUT2D eigenvalue weighted by Gasteiger charge is -2.56. The van der Waals surface area contributed by atoms with Gasteiger partial charge in [0.15, 0.2) is 26.2 Å². The van der Waals surface area contributed by atoms with Gasteiger partial charge in [0.05, 0.1) is 17.5 Å². The van der Waals surface area contributed by atoms with Gasteiger partial charge in [-0.1, -0.05) is 50.2 Å². The van der Waals surface area contributed by atoms with E-state index in [0.29, 0.717) is 6.61 Å². The molecule has 1 unspecified atom stereocenters. The second-order valence-electron chi connectivity index (χ2n) is 12.5. The Morgan fingerprint density at radius 2 is 1.29 bits per heavy atom. The minimum absolute atomic E-state index is 0.0494. The fourth-order valence-corrected chi connectivity index (χ4v) is 9.76. The maximum Gasteiger partial charge on any atom is 0.573 e. The number of benzene rings is 3. The first kappa shape index (κ1) is 28.5. The zero-order chi connectivity index (χ0) is 28.6. The normalized spacial score (nSPS) is 26.0. The molecule has 0 spiro atoms. The Labute approximate surface area is 243 Å². The van der Waals surface area contributed by atoms with Gasteiger partial charge in [0, 0.05) is 12.0 Å².